The van der Waals surface area contributed by atoms with Crippen molar-refractivity contribution < 1.29 is 0 Å². The fourth-order valence-electron chi connectivity index (χ4n) is 0.730. The summed E-state index contributed by atoms with van der Waals surface area (Å²) in [5, 5.41) is 0. The molecule has 0 N–H and O–H groups in total. The third-order valence-electron chi connectivity index (χ3n) is 1.20. The van der Waals surface area contributed by atoms with Crippen LogP contribution >= 0.6 is 23.5 Å². The smallest absolute Gasteiger partial charge is 0.00235 e. The van der Waals surface area contributed by atoms with Crippen LogP contribution < -0.4 is 0 Å². The summed E-state index contributed by atoms with van der Waals surface area (Å²) in [5.74, 6) is 5.57. The van der Waals surface area contributed by atoms with Gasteiger partial charge in [-0.15, -0.1) is 0 Å². The average molecular weight is 148 g/mol. The zero-order valence-corrected chi connectivity index (χ0v) is 6.69. The summed E-state index contributed by atoms with van der Waals surface area (Å²) >= 11 is 4.22. The van der Waals surface area contributed by atoms with Crippen molar-refractivity contribution in [2.45, 2.75) is 12.8 Å². The van der Waals surface area contributed by atoms with E-state index in [0.29, 0.717) is 0 Å². The molecule has 0 atom stereocenters. The molecular weight excluding hydrogens is 136 g/mol. The molecule has 1 aliphatic rings. The van der Waals surface area contributed by atoms with Crippen LogP contribution in [-0.4, -0.2) is 23.0 Å². The van der Waals surface area contributed by atoms with E-state index < -0.39 is 0 Å². The van der Waals surface area contributed by atoms with Crippen molar-refractivity contribution in [3.05, 3.63) is 0 Å². The Labute approximate surface area is 59.8 Å². The van der Waals surface area contributed by atoms with Crippen LogP contribution in [0, 0.1) is 0 Å². The molecule has 1 fully saturated rings. The topological polar surface area (TPSA) is 0 Å². The monoisotopic (exact) mass is 148 g/mol. The first kappa shape index (κ1) is 6.81. The van der Waals surface area contributed by atoms with E-state index in [-0.39, 0.29) is 0 Å². The van der Waals surface area contributed by atoms with Gasteiger partial charge in [-0.2, -0.15) is 23.5 Å². The molecule has 48 valence electrons. The van der Waals surface area contributed by atoms with Crippen molar-refractivity contribution in [1.29, 1.82) is 0 Å². The lowest BCUT2D eigenvalue weighted by molar-refractivity contribution is 0.904. The molecule has 0 nitrogen and oxygen atoms in total. The van der Waals surface area contributed by atoms with E-state index in [2.05, 4.69) is 23.5 Å². The van der Waals surface area contributed by atoms with Crippen LogP contribution in [0.3, 0.4) is 0 Å². The van der Waals surface area contributed by atoms with Crippen molar-refractivity contribution in [2.75, 3.05) is 23.0 Å². The van der Waals surface area contributed by atoms with Gasteiger partial charge >= 0.3 is 0 Å². The molecule has 1 aliphatic heterocycles. The maximum absolute atomic E-state index is 2.11. The van der Waals surface area contributed by atoms with Crippen LogP contribution in [0.25, 0.3) is 0 Å². The van der Waals surface area contributed by atoms with Crippen LogP contribution in [0.1, 0.15) is 12.8 Å². The van der Waals surface area contributed by atoms with Gasteiger partial charge in [0.05, 0.1) is 0 Å². The fourth-order valence-corrected chi connectivity index (χ4v) is 2.90. The third-order valence-corrected chi connectivity index (χ3v) is 3.60. The van der Waals surface area contributed by atoms with Gasteiger partial charge in [0.2, 0.25) is 0 Å². The quantitative estimate of drug-likeness (QED) is 0.517. The van der Waals surface area contributed by atoms with Gasteiger partial charge in [0.1, 0.15) is 0 Å². The first-order valence-electron chi connectivity index (χ1n) is 3.15. The van der Waals surface area contributed by atoms with E-state index in [9.17, 15) is 0 Å². The minimum atomic E-state index is 1.38. The first-order chi connectivity index (χ1) is 4.00. The van der Waals surface area contributed by atoms with Crippen LogP contribution in [0.2, 0.25) is 0 Å². The van der Waals surface area contributed by atoms with Crippen molar-refractivity contribution in [1.82, 2.24) is 0 Å². The molecule has 0 aromatic heterocycles. The third kappa shape index (κ3) is 2.88. The summed E-state index contributed by atoms with van der Waals surface area (Å²) in [6.07, 6.45) is 2.88. The van der Waals surface area contributed by atoms with Crippen LogP contribution in [0.5, 0.6) is 0 Å². The Kier molecular flexibility index (Phi) is 3.89. The maximum Gasteiger partial charge on any atom is 0.00235 e. The average Bonchev–Trinajstić information content (AvgIpc) is 1.62. The fraction of sp³-hybridized carbons (Fsp3) is 1.00. The number of thioether (sulfide) groups is 2. The van der Waals surface area contributed by atoms with E-state index >= 15 is 0 Å². The van der Waals surface area contributed by atoms with E-state index in [1.54, 1.807) is 0 Å². The minimum absolute atomic E-state index is 1.38. The Morgan fingerprint density at radius 1 is 0.625 bits per heavy atom. The normalized spacial score (nSPS) is 24.0. The van der Waals surface area contributed by atoms with Crippen molar-refractivity contribution in [3.63, 3.8) is 0 Å². The molecule has 0 aliphatic carbocycles. The summed E-state index contributed by atoms with van der Waals surface area (Å²) < 4.78 is 0. The van der Waals surface area contributed by atoms with Gasteiger partial charge in [0, 0.05) is 11.5 Å². The Morgan fingerprint density at radius 3 is 1.62 bits per heavy atom. The molecule has 0 amide bonds. The molecule has 0 radical (unpaired) electrons. The summed E-state index contributed by atoms with van der Waals surface area (Å²) in [6.45, 7) is 0. The highest BCUT2D eigenvalue weighted by molar-refractivity contribution is 8.03. The van der Waals surface area contributed by atoms with Crippen LogP contribution in [0.15, 0.2) is 0 Å². The Morgan fingerprint density at radius 2 is 1.12 bits per heavy atom. The lowest BCUT2D eigenvalue weighted by atomic mass is 10.4. The Balaban J connectivity index is 2.00. The maximum atomic E-state index is 2.11. The number of hydrogen-bond donors (Lipinski definition) is 0. The van der Waals surface area contributed by atoms with Gasteiger partial charge in [0.15, 0.2) is 0 Å². The standard InChI is InChI=1S/C6H12S2/c1-2-4-8-6-5-7-3-1/h1-6H2. The Hall–Kier alpha value is 0.700. The zero-order valence-electron chi connectivity index (χ0n) is 5.06. The van der Waals surface area contributed by atoms with Gasteiger partial charge in [-0.05, 0) is 24.3 Å². The molecule has 0 aromatic carbocycles. The van der Waals surface area contributed by atoms with E-state index in [0.717, 1.165) is 0 Å². The molecule has 1 rings (SSSR count). The molecular formula is C6H12S2. The lowest BCUT2D eigenvalue weighted by Gasteiger charge is -2.05. The van der Waals surface area contributed by atoms with E-state index in [1.807, 2.05) is 0 Å². The highest BCUT2D eigenvalue weighted by Gasteiger charge is 1.95. The summed E-state index contributed by atoms with van der Waals surface area (Å²) in [6, 6.07) is 0. The van der Waals surface area contributed by atoms with Crippen LogP contribution in [0.4, 0.5) is 0 Å². The summed E-state index contributed by atoms with van der Waals surface area (Å²) in [5.41, 5.74) is 0. The molecule has 0 unspecified atom stereocenters. The molecule has 8 heavy (non-hydrogen) atoms. The molecule has 0 saturated carbocycles. The van der Waals surface area contributed by atoms with Gasteiger partial charge in [-0.3, -0.25) is 0 Å². The lowest BCUT2D eigenvalue weighted by Crippen LogP contribution is -1.94. The predicted molar refractivity (Wildman–Crippen MR) is 43.9 cm³/mol. The SMILES string of the molecule is C1CCSCCSC1. The second-order valence-electron chi connectivity index (χ2n) is 1.93. The van der Waals surface area contributed by atoms with Crippen molar-refractivity contribution in [3.8, 4) is 0 Å². The zero-order chi connectivity index (χ0) is 5.66. The van der Waals surface area contributed by atoms with Crippen LogP contribution in [-0.2, 0) is 0 Å². The first-order valence-corrected chi connectivity index (χ1v) is 5.46. The molecule has 2 heteroatoms. The summed E-state index contributed by atoms with van der Waals surface area (Å²) in [4.78, 5) is 0. The van der Waals surface area contributed by atoms with Gasteiger partial charge in [-0.25, -0.2) is 0 Å². The van der Waals surface area contributed by atoms with E-state index in [4.69, 9.17) is 0 Å². The molecule has 1 saturated heterocycles. The van der Waals surface area contributed by atoms with Crippen molar-refractivity contribution in [2.24, 2.45) is 0 Å². The van der Waals surface area contributed by atoms with Gasteiger partial charge in [0.25, 0.3) is 0 Å². The Bertz CT molecular complexity index is 30.5. The predicted octanol–water partition coefficient (Wildman–Crippen LogP) is 2.25. The summed E-state index contributed by atoms with van der Waals surface area (Å²) in [7, 11) is 0. The molecule has 0 bridgehead atoms. The second kappa shape index (κ2) is 4.57. The van der Waals surface area contributed by atoms with E-state index in [1.165, 1.54) is 35.9 Å². The number of hydrogen-bond acceptors (Lipinski definition) is 2. The highest BCUT2D eigenvalue weighted by Crippen LogP contribution is 2.14. The van der Waals surface area contributed by atoms with Crippen molar-refractivity contribution >= 4 is 23.5 Å². The number of rotatable bonds is 0. The molecule has 0 aromatic rings. The highest BCUT2D eigenvalue weighted by atomic mass is 32.2. The van der Waals surface area contributed by atoms with Gasteiger partial charge in [-0.1, -0.05) is 0 Å². The minimum Gasteiger partial charge on any atom is -0.161 e. The largest absolute Gasteiger partial charge is 0.161 e. The molecule has 1 heterocycles. The van der Waals surface area contributed by atoms with Gasteiger partial charge < -0.3 is 0 Å². The molecule has 0 spiro atoms. The second-order valence-corrected chi connectivity index (χ2v) is 4.38.